The topological polar surface area (TPSA) is 361 Å². The minimum absolute atomic E-state index is 0.00848. The Kier molecular flexibility index (Phi) is 20.3. The van der Waals surface area contributed by atoms with Crippen LogP contribution in [0.2, 0.25) is 0 Å². The van der Waals surface area contributed by atoms with Crippen molar-refractivity contribution in [2.24, 2.45) is 5.92 Å². The number of hydrogen-bond acceptors (Lipinski definition) is 12. The zero-order chi connectivity index (χ0) is 43.6. The molecule has 0 aliphatic carbocycles. The first-order valence-electron chi connectivity index (χ1n) is 18.1. The lowest BCUT2D eigenvalue weighted by Gasteiger charge is -2.32. The van der Waals surface area contributed by atoms with E-state index in [9.17, 15) is 67.7 Å². The molecule has 318 valence electrons. The van der Waals surface area contributed by atoms with E-state index in [-0.39, 0.29) is 19.4 Å². The second-order valence-corrected chi connectivity index (χ2v) is 13.5. The van der Waals surface area contributed by atoms with Crippen LogP contribution in [-0.2, 0) is 57.5 Å². The summed E-state index contributed by atoms with van der Waals surface area (Å²) < 4.78 is 0. The first kappa shape index (κ1) is 48.9. The van der Waals surface area contributed by atoms with Crippen molar-refractivity contribution < 1.29 is 78.0 Å². The molecule has 10 N–H and O–H groups in total. The molecule has 1 aliphatic heterocycles. The monoisotopic (exact) mass is 813 g/mol. The number of rotatable bonds is 25. The van der Waals surface area contributed by atoms with Gasteiger partial charge >= 0.3 is 23.9 Å². The molecule has 0 aromatic rings. The molecule has 0 unspecified atom stereocenters. The van der Waals surface area contributed by atoms with Crippen LogP contribution in [0.1, 0.15) is 85.5 Å². The molecule has 0 aromatic carbocycles. The lowest BCUT2D eigenvalue weighted by atomic mass is 10.0. The SMILES string of the molecule is CCC[C@H](NC(=O)[C@@H]1CCCN1C(=O)[C@@H](NC(=O)[C@H](CC(=O)O)NC(=O)[C@H](CCC(=O)O)NC(=O)[C@H](CCC(=O)O)NC(C)=O)C(C)C)C(=O)C(=O)NCC(=O)O. The van der Waals surface area contributed by atoms with Gasteiger partial charge < -0.3 is 57.2 Å². The van der Waals surface area contributed by atoms with Crippen molar-refractivity contribution in [2.75, 3.05) is 13.1 Å². The van der Waals surface area contributed by atoms with Crippen molar-refractivity contribution >= 4 is 71.0 Å². The molecule has 1 aliphatic rings. The lowest BCUT2D eigenvalue weighted by Crippen LogP contribution is -2.60. The summed E-state index contributed by atoms with van der Waals surface area (Å²) in [5.41, 5.74) is 0. The summed E-state index contributed by atoms with van der Waals surface area (Å²) in [5.74, 6) is -14.5. The van der Waals surface area contributed by atoms with Crippen molar-refractivity contribution in [3.8, 4) is 0 Å². The third-order valence-corrected chi connectivity index (χ3v) is 8.54. The Morgan fingerprint density at radius 2 is 1.18 bits per heavy atom. The van der Waals surface area contributed by atoms with Gasteiger partial charge in [-0.2, -0.15) is 0 Å². The van der Waals surface area contributed by atoms with Crippen LogP contribution < -0.4 is 31.9 Å². The summed E-state index contributed by atoms with van der Waals surface area (Å²) in [6.45, 7) is 4.95. The van der Waals surface area contributed by atoms with Gasteiger partial charge in [0, 0.05) is 26.3 Å². The number of Topliss-reactive ketones (excluding diaryl/α,β-unsaturated/α-hetero) is 1. The van der Waals surface area contributed by atoms with Crippen molar-refractivity contribution in [2.45, 2.75) is 122 Å². The summed E-state index contributed by atoms with van der Waals surface area (Å²) in [6, 6.07) is -9.03. The molecule has 1 fully saturated rings. The lowest BCUT2D eigenvalue weighted by molar-refractivity contribution is -0.145. The molecule has 6 atom stereocenters. The maximum Gasteiger partial charge on any atom is 0.322 e. The van der Waals surface area contributed by atoms with Gasteiger partial charge in [-0.3, -0.25) is 57.5 Å². The third-order valence-electron chi connectivity index (χ3n) is 8.54. The van der Waals surface area contributed by atoms with Crippen molar-refractivity contribution in [1.82, 2.24) is 36.8 Å². The maximum atomic E-state index is 13.9. The van der Waals surface area contributed by atoms with E-state index in [4.69, 9.17) is 10.2 Å². The van der Waals surface area contributed by atoms with E-state index >= 15 is 0 Å². The van der Waals surface area contributed by atoms with E-state index in [0.29, 0.717) is 12.8 Å². The number of aliphatic carboxylic acids is 4. The van der Waals surface area contributed by atoms with Crippen LogP contribution in [0.15, 0.2) is 0 Å². The Morgan fingerprint density at radius 1 is 0.649 bits per heavy atom. The van der Waals surface area contributed by atoms with Crippen molar-refractivity contribution in [1.29, 1.82) is 0 Å². The molecule has 0 saturated carbocycles. The highest BCUT2D eigenvalue weighted by atomic mass is 16.4. The fourth-order valence-electron chi connectivity index (χ4n) is 5.72. The molecule has 57 heavy (non-hydrogen) atoms. The van der Waals surface area contributed by atoms with E-state index in [1.54, 1.807) is 6.92 Å². The average molecular weight is 814 g/mol. The molecule has 23 nitrogen and oxygen atoms in total. The molecule has 0 aromatic heterocycles. The molecule has 1 saturated heterocycles. The van der Waals surface area contributed by atoms with Gasteiger partial charge in [0.1, 0.15) is 36.8 Å². The van der Waals surface area contributed by atoms with Crippen LogP contribution in [-0.4, -0.2) is 146 Å². The Balaban J connectivity index is 3.27. The van der Waals surface area contributed by atoms with Gasteiger partial charge in [-0.1, -0.05) is 27.2 Å². The van der Waals surface area contributed by atoms with E-state index in [1.165, 1.54) is 13.8 Å². The summed E-state index contributed by atoms with van der Waals surface area (Å²) in [6.07, 6.45) is -2.54. The van der Waals surface area contributed by atoms with Gasteiger partial charge in [0.15, 0.2) is 0 Å². The standard InChI is InChI=1S/C34H51N7O16/c1-5-7-18(28(51)33(56)35-15-26(49)50)37-32(55)22-8-6-13-41(22)34(57)27(16(2)3)40-31(54)21(14-25(47)48)39-30(53)20(10-12-24(45)46)38-29(52)19(36-17(4)42)9-11-23(43)44/h16,18-22,27H,5-15H2,1-4H3,(H,35,56)(H,36,42)(H,37,55)(H,38,52)(H,39,53)(H,40,54)(H,43,44)(H,45,46)(H,47,48)(H,49,50)/t18-,19-,20-,21-,22-,27-/m0/s1. The molecular weight excluding hydrogens is 762 g/mol. The zero-order valence-electron chi connectivity index (χ0n) is 32.0. The molecule has 7 amide bonds. The van der Waals surface area contributed by atoms with Crippen LogP contribution in [0.5, 0.6) is 0 Å². The fourth-order valence-corrected chi connectivity index (χ4v) is 5.72. The summed E-state index contributed by atoms with van der Waals surface area (Å²) in [5, 5.41) is 50.0. The highest BCUT2D eigenvalue weighted by Crippen LogP contribution is 2.21. The summed E-state index contributed by atoms with van der Waals surface area (Å²) in [7, 11) is 0. The fraction of sp³-hybridized carbons (Fsp3) is 0.647. The van der Waals surface area contributed by atoms with Gasteiger partial charge in [-0.15, -0.1) is 0 Å². The largest absolute Gasteiger partial charge is 0.481 e. The molecule has 0 spiro atoms. The van der Waals surface area contributed by atoms with E-state index in [2.05, 4.69) is 26.6 Å². The number of nitrogens with one attached hydrogen (secondary N) is 6. The highest BCUT2D eigenvalue weighted by molar-refractivity contribution is 6.38. The molecule has 1 heterocycles. The van der Waals surface area contributed by atoms with Gasteiger partial charge in [-0.25, -0.2) is 0 Å². The zero-order valence-corrected chi connectivity index (χ0v) is 32.0. The number of ketones is 1. The minimum atomic E-state index is -1.91. The van der Waals surface area contributed by atoms with Crippen molar-refractivity contribution in [3.63, 3.8) is 0 Å². The molecule has 0 bridgehead atoms. The Morgan fingerprint density at radius 3 is 1.65 bits per heavy atom. The minimum Gasteiger partial charge on any atom is -0.481 e. The Labute approximate surface area is 326 Å². The van der Waals surface area contributed by atoms with Gasteiger partial charge in [-0.05, 0) is 38.0 Å². The quantitative estimate of drug-likeness (QED) is 0.0407. The molecule has 23 heteroatoms. The predicted molar refractivity (Wildman–Crippen MR) is 191 cm³/mol. The first-order valence-corrected chi connectivity index (χ1v) is 18.1. The number of carbonyl (C=O) groups is 12. The van der Waals surface area contributed by atoms with E-state index in [0.717, 1.165) is 11.8 Å². The second-order valence-electron chi connectivity index (χ2n) is 13.5. The van der Waals surface area contributed by atoms with Crippen molar-refractivity contribution in [3.05, 3.63) is 0 Å². The Hall–Kier alpha value is -6.16. The highest BCUT2D eigenvalue weighted by Gasteiger charge is 2.41. The van der Waals surface area contributed by atoms with Gasteiger partial charge in [0.05, 0.1) is 12.5 Å². The first-order chi connectivity index (χ1) is 26.6. The molecule has 0 radical (unpaired) electrons. The normalized spacial score (nSPS) is 16.1. The van der Waals surface area contributed by atoms with Gasteiger partial charge in [0.25, 0.3) is 5.91 Å². The van der Waals surface area contributed by atoms with Gasteiger partial charge in [0.2, 0.25) is 41.2 Å². The van der Waals surface area contributed by atoms with Crippen LogP contribution in [0, 0.1) is 5.92 Å². The number of carbonyl (C=O) groups excluding carboxylic acids is 8. The number of carboxylic acids is 4. The molecular formula is C34H51N7O16. The Bertz CT molecular complexity index is 1570. The number of nitrogens with zero attached hydrogens (tertiary/aromatic N) is 1. The second kappa shape index (κ2) is 23.7. The van der Waals surface area contributed by atoms with E-state index in [1.807, 2.05) is 5.32 Å². The summed E-state index contributed by atoms with van der Waals surface area (Å²) in [4.78, 5) is 150. The predicted octanol–water partition coefficient (Wildman–Crippen LogP) is -3.15. The van der Waals surface area contributed by atoms with Crippen LogP contribution in [0.4, 0.5) is 0 Å². The van der Waals surface area contributed by atoms with Crippen LogP contribution in [0.3, 0.4) is 0 Å². The number of hydrogen-bond donors (Lipinski definition) is 10. The number of carboxylic acid groups (broad SMARTS) is 4. The molecule has 1 rings (SSSR count). The third kappa shape index (κ3) is 17.0. The van der Waals surface area contributed by atoms with Crippen LogP contribution in [0.25, 0.3) is 0 Å². The van der Waals surface area contributed by atoms with Crippen LogP contribution >= 0.6 is 0 Å². The number of amides is 7. The average Bonchev–Trinajstić information content (AvgIpc) is 3.61. The summed E-state index contributed by atoms with van der Waals surface area (Å²) >= 11 is 0. The maximum absolute atomic E-state index is 13.9. The van der Waals surface area contributed by atoms with E-state index < -0.39 is 152 Å². The number of likely N-dealkylation sites (tertiary alicyclic amines) is 1. The smallest absolute Gasteiger partial charge is 0.322 e.